The van der Waals surface area contributed by atoms with Crippen LogP contribution in [0.2, 0.25) is 0 Å². The summed E-state index contributed by atoms with van der Waals surface area (Å²) in [6, 6.07) is 4.84. The number of esters is 1. The molecular weight excluding hydrogens is 340 g/mol. The summed E-state index contributed by atoms with van der Waals surface area (Å²) in [5.41, 5.74) is 1.80. The van der Waals surface area contributed by atoms with Crippen molar-refractivity contribution < 1.29 is 34.0 Å². The molecule has 0 aromatic heterocycles. The number of carbonyl (C=O) groups is 2. The van der Waals surface area contributed by atoms with E-state index in [-0.39, 0.29) is 19.7 Å². The lowest BCUT2D eigenvalue weighted by Crippen LogP contribution is -2.25. The van der Waals surface area contributed by atoms with E-state index in [2.05, 4.69) is 4.74 Å². The van der Waals surface area contributed by atoms with E-state index < -0.39 is 18.2 Å². The van der Waals surface area contributed by atoms with Gasteiger partial charge in [-0.25, -0.2) is 4.79 Å². The smallest absolute Gasteiger partial charge is 0.338 e. The highest BCUT2D eigenvalue weighted by atomic mass is 16.6. The first-order chi connectivity index (χ1) is 12.5. The summed E-state index contributed by atoms with van der Waals surface area (Å²) in [6.07, 6.45) is -0.848. The van der Waals surface area contributed by atoms with Crippen molar-refractivity contribution in [1.29, 1.82) is 0 Å². The van der Waals surface area contributed by atoms with Crippen LogP contribution in [0.1, 0.15) is 55.1 Å². The monoisotopic (exact) mass is 370 g/mol. The number of aryl methyl sites for hydroxylation is 1. The summed E-state index contributed by atoms with van der Waals surface area (Å²) in [5, 5.41) is 19.2. The molecular formula is C19H30O7. The van der Waals surface area contributed by atoms with Crippen molar-refractivity contribution in [2.24, 2.45) is 0 Å². The Kier molecular flexibility index (Phi) is 13.2. The molecule has 1 aromatic rings. The molecule has 0 heterocycles. The highest BCUT2D eigenvalue weighted by molar-refractivity contribution is 5.89. The molecule has 1 aromatic carbocycles. The number of benzene rings is 1. The molecule has 0 saturated carbocycles. The van der Waals surface area contributed by atoms with Crippen LogP contribution in [0.25, 0.3) is 0 Å². The third kappa shape index (κ3) is 7.95. The lowest BCUT2D eigenvalue weighted by atomic mass is 9.91. The maximum Gasteiger partial charge on any atom is 0.338 e. The van der Waals surface area contributed by atoms with Crippen LogP contribution in [0.15, 0.2) is 18.2 Å². The van der Waals surface area contributed by atoms with Gasteiger partial charge in [0.15, 0.2) is 0 Å². The predicted octanol–water partition coefficient (Wildman–Crippen LogP) is 2.04. The molecule has 148 valence electrons. The fraction of sp³-hybridized carbons (Fsp3) is 0.579. The SMILES string of the molecule is CCOC(=O)c1ccc(C(CO)C(O)OC=O)c(CC)c1.CCOCC. The molecule has 0 aliphatic heterocycles. The van der Waals surface area contributed by atoms with E-state index in [0.29, 0.717) is 17.5 Å². The molecule has 0 bridgehead atoms. The number of ether oxygens (including phenoxy) is 3. The molecule has 26 heavy (non-hydrogen) atoms. The van der Waals surface area contributed by atoms with Crippen LogP contribution in [0.5, 0.6) is 0 Å². The topological polar surface area (TPSA) is 102 Å². The first-order valence-electron chi connectivity index (χ1n) is 8.76. The van der Waals surface area contributed by atoms with Crippen molar-refractivity contribution >= 4 is 12.4 Å². The summed E-state index contributed by atoms with van der Waals surface area (Å²) in [6.45, 7) is 9.30. The van der Waals surface area contributed by atoms with Gasteiger partial charge in [-0.15, -0.1) is 0 Å². The van der Waals surface area contributed by atoms with E-state index in [1.165, 1.54) is 0 Å². The zero-order valence-electron chi connectivity index (χ0n) is 15.9. The Morgan fingerprint density at radius 3 is 2.23 bits per heavy atom. The van der Waals surface area contributed by atoms with Crippen molar-refractivity contribution in [2.45, 2.75) is 46.3 Å². The van der Waals surface area contributed by atoms with Crippen LogP contribution in [-0.2, 0) is 25.4 Å². The second kappa shape index (κ2) is 14.2. The van der Waals surface area contributed by atoms with Gasteiger partial charge >= 0.3 is 5.97 Å². The number of hydrogen-bond donors (Lipinski definition) is 2. The molecule has 1 rings (SSSR count). The van der Waals surface area contributed by atoms with Gasteiger partial charge < -0.3 is 24.4 Å². The van der Waals surface area contributed by atoms with E-state index in [0.717, 1.165) is 18.8 Å². The van der Waals surface area contributed by atoms with Gasteiger partial charge in [0.1, 0.15) is 0 Å². The third-order valence-electron chi connectivity index (χ3n) is 3.58. The molecule has 2 unspecified atom stereocenters. The Hall–Kier alpha value is -1.96. The first kappa shape index (κ1) is 24.0. The Morgan fingerprint density at radius 2 is 1.81 bits per heavy atom. The highest BCUT2D eigenvalue weighted by Crippen LogP contribution is 2.25. The number of aliphatic hydroxyl groups is 2. The van der Waals surface area contributed by atoms with E-state index in [1.807, 2.05) is 20.8 Å². The minimum absolute atomic E-state index is 0.131. The molecule has 0 aliphatic carbocycles. The maximum absolute atomic E-state index is 11.7. The third-order valence-corrected chi connectivity index (χ3v) is 3.58. The van der Waals surface area contributed by atoms with Crippen LogP contribution in [-0.4, -0.2) is 55.4 Å². The van der Waals surface area contributed by atoms with Crippen LogP contribution < -0.4 is 0 Å². The fourth-order valence-corrected chi connectivity index (χ4v) is 2.31. The van der Waals surface area contributed by atoms with Crippen molar-refractivity contribution in [3.8, 4) is 0 Å². The lowest BCUT2D eigenvalue weighted by Gasteiger charge is -2.22. The molecule has 7 heteroatoms. The summed E-state index contributed by atoms with van der Waals surface area (Å²) >= 11 is 0. The van der Waals surface area contributed by atoms with Gasteiger partial charge in [0.05, 0.1) is 24.7 Å². The molecule has 2 atom stereocenters. The van der Waals surface area contributed by atoms with Gasteiger partial charge in [-0.3, -0.25) is 4.79 Å². The van der Waals surface area contributed by atoms with E-state index in [9.17, 15) is 19.8 Å². The summed E-state index contributed by atoms with van der Waals surface area (Å²) < 4.78 is 14.3. The van der Waals surface area contributed by atoms with Crippen LogP contribution in [0, 0.1) is 0 Å². The second-order valence-corrected chi connectivity index (χ2v) is 5.18. The summed E-state index contributed by atoms with van der Waals surface area (Å²) in [4.78, 5) is 22.0. The normalized spacial score (nSPS) is 12.4. The Bertz CT molecular complexity index is 529. The number of hydrogen-bond acceptors (Lipinski definition) is 7. The lowest BCUT2D eigenvalue weighted by molar-refractivity contribution is -0.157. The second-order valence-electron chi connectivity index (χ2n) is 5.18. The molecule has 0 fully saturated rings. The average molecular weight is 370 g/mol. The molecule has 0 spiro atoms. The minimum atomic E-state index is -1.44. The highest BCUT2D eigenvalue weighted by Gasteiger charge is 2.24. The molecule has 0 radical (unpaired) electrons. The molecule has 0 aliphatic rings. The van der Waals surface area contributed by atoms with E-state index >= 15 is 0 Å². The first-order valence-corrected chi connectivity index (χ1v) is 8.76. The molecule has 0 amide bonds. The van der Waals surface area contributed by atoms with Crippen LogP contribution >= 0.6 is 0 Å². The Labute approximate surface area is 154 Å². The number of aliphatic hydroxyl groups excluding tert-OH is 2. The Morgan fingerprint density at radius 1 is 1.15 bits per heavy atom. The molecule has 7 nitrogen and oxygen atoms in total. The maximum atomic E-state index is 11.7. The zero-order chi connectivity index (χ0) is 19.9. The Balaban J connectivity index is 0.00000110. The van der Waals surface area contributed by atoms with Crippen molar-refractivity contribution in [2.75, 3.05) is 26.4 Å². The van der Waals surface area contributed by atoms with Crippen LogP contribution in [0.3, 0.4) is 0 Å². The predicted molar refractivity (Wildman–Crippen MR) is 96.9 cm³/mol. The number of carbonyl (C=O) groups excluding carboxylic acids is 2. The largest absolute Gasteiger partial charge is 0.462 e. The molecule has 2 N–H and O–H groups in total. The van der Waals surface area contributed by atoms with Crippen molar-refractivity contribution in [1.82, 2.24) is 0 Å². The summed E-state index contributed by atoms with van der Waals surface area (Å²) in [5.74, 6) is -1.19. The van der Waals surface area contributed by atoms with E-state index in [4.69, 9.17) is 9.47 Å². The van der Waals surface area contributed by atoms with Crippen LogP contribution in [0.4, 0.5) is 0 Å². The number of rotatable bonds is 10. The fourth-order valence-electron chi connectivity index (χ4n) is 2.31. The van der Waals surface area contributed by atoms with Gasteiger partial charge in [0, 0.05) is 13.2 Å². The van der Waals surface area contributed by atoms with Gasteiger partial charge in [0.2, 0.25) is 6.29 Å². The zero-order valence-corrected chi connectivity index (χ0v) is 15.9. The minimum Gasteiger partial charge on any atom is -0.462 e. The molecule has 0 saturated heterocycles. The van der Waals surface area contributed by atoms with Crippen molar-refractivity contribution in [3.05, 3.63) is 34.9 Å². The van der Waals surface area contributed by atoms with Gasteiger partial charge in [-0.2, -0.15) is 0 Å². The van der Waals surface area contributed by atoms with Gasteiger partial charge in [-0.1, -0.05) is 13.0 Å². The summed E-state index contributed by atoms with van der Waals surface area (Å²) in [7, 11) is 0. The van der Waals surface area contributed by atoms with Gasteiger partial charge in [0.25, 0.3) is 6.47 Å². The van der Waals surface area contributed by atoms with E-state index in [1.54, 1.807) is 25.1 Å². The average Bonchev–Trinajstić information content (AvgIpc) is 2.64. The standard InChI is InChI=1S/C15H20O6.C4H10O/c1-3-10-7-11(14(18)20-4-2)5-6-12(10)13(8-16)15(19)21-9-17;1-3-5-4-2/h5-7,9,13,15-16,19H,3-4,8H2,1-2H3;3-4H2,1-2H3. The van der Waals surface area contributed by atoms with Crippen molar-refractivity contribution in [3.63, 3.8) is 0 Å². The van der Waals surface area contributed by atoms with Gasteiger partial charge in [-0.05, 0) is 50.5 Å². The quantitative estimate of drug-likeness (QED) is 0.369.